The van der Waals surface area contributed by atoms with E-state index >= 15 is 0 Å². The van der Waals surface area contributed by atoms with Crippen molar-refractivity contribution in [1.82, 2.24) is 5.32 Å². The lowest BCUT2D eigenvalue weighted by Gasteiger charge is -2.41. The number of nitrogens with two attached hydrogens (primary N) is 2. The molecule has 2 amide bonds. The van der Waals surface area contributed by atoms with Crippen LogP contribution in [0.4, 0.5) is 0 Å². The first-order chi connectivity index (χ1) is 29.7. The Morgan fingerprint density at radius 3 is 1.94 bits per heavy atom. The van der Waals surface area contributed by atoms with Crippen LogP contribution in [0.5, 0.6) is 0 Å². The number of hydrogen-bond acceptors (Lipinski definition) is 15. The third-order valence-corrected chi connectivity index (χ3v) is 12.7. The van der Waals surface area contributed by atoms with Crippen LogP contribution < -0.4 is 16.8 Å². The summed E-state index contributed by atoms with van der Waals surface area (Å²) < 4.78 is 29.9. The number of nitrogens with one attached hydrogen (secondary N) is 1. The highest BCUT2D eigenvalue weighted by Gasteiger charge is 2.76. The molecule has 7 N–H and O–H groups in total. The van der Waals surface area contributed by atoms with E-state index in [4.69, 9.17) is 35.2 Å². The van der Waals surface area contributed by atoms with Gasteiger partial charge < -0.3 is 50.7 Å². The van der Waals surface area contributed by atoms with E-state index in [-0.39, 0.29) is 41.9 Å². The highest BCUT2D eigenvalue weighted by atomic mass is 16.6. The smallest absolute Gasteiger partial charge is 0.341 e. The molecular formula is C46H73N3O14. The van der Waals surface area contributed by atoms with Gasteiger partial charge in [-0.05, 0) is 65.0 Å². The third kappa shape index (κ3) is 13.6. The maximum absolute atomic E-state index is 13.6. The van der Waals surface area contributed by atoms with Crippen LogP contribution in [0.25, 0.3) is 0 Å². The highest BCUT2D eigenvalue weighted by Crippen LogP contribution is 2.57. The van der Waals surface area contributed by atoms with E-state index in [1.165, 1.54) is 13.8 Å². The maximum atomic E-state index is 13.6. The van der Waals surface area contributed by atoms with Crippen LogP contribution in [0.3, 0.4) is 0 Å². The van der Waals surface area contributed by atoms with Gasteiger partial charge in [0.05, 0.1) is 18.4 Å². The molecule has 1 saturated carbocycles. The molecule has 0 bridgehead atoms. The van der Waals surface area contributed by atoms with Gasteiger partial charge in [0.15, 0.2) is 29.5 Å². The molecular weight excluding hydrogens is 819 g/mol. The monoisotopic (exact) mass is 892 g/mol. The molecule has 1 heterocycles. The average molecular weight is 892 g/mol. The summed E-state index contributed by atoms with van der Waals surface area (Å²) in [5.41, 5.74) is 4.26. The second-order valence-electron chi connectivity index (χ2n) is 17.8. The third-order valence-electron chi connectivity index (χ3n) is 12.7. The second-order valence-corrected chi connectivity index (χ2v) is 17.8. The second kappa shape index (κ2) is 24.1. The van der Waals surface area contributed by atoms with Crippen LogP contribution in [0.1, 0.15) is 164 Å². The lowest BCUT2D eigenvalue weighted by Crippen LogP contribution is -2.64. The Balaban J connectivity index is 1.76. The standard InChI is InChI=1S/C46H73N3O14/c1-8-10-11-17-20-24-35(53)60-39-37-36(29(4)38(39)61-42(55)28(3)9-2)40-46(58,45(7,57)43(56)62-40)32(27-44(37,6)63-30(5)50)59-34(52)23-21-18-15-13-12-14-16-19-22-25-49-33(51)26-31(47)41(48)54/h9,31-32,37-40,57-58H,8,10-27,47H2,1-7H3,(H2,48,54)(H,49,51)/b28-9-/t31-,32-,37+,38-,39-,40-,44-,45+,46+/m0/s1. The molecule has 1 aliphatic heterocycles. The average Bonchev–Trinajstić information content (AvgIpc) is 3.54. The van der Waals surface area contributed by atoms with Crippen LogP contribution >= 0.6 is 0 Å². The van der Waals surface area contributed by atoms with Crippen LogP contribution in [0, 0.1) is 5.92 Å². The molecule has 17 nitrogen and oxygen atoms in total. The summed E-state index contributed by atoms with van der Waals surface area (Å²) in [5, 5.41) is 27.2. The fourth-order valence-electron chi connectivity index (χ4n) is 8.93. The molecule has 17 heteroatoms. The van der Waals surface area contributed by atoms with Crippen molar-refractivity contribution in [1.29, 1.82) is 0 Å². The minimum Gasteiger partial charge on any atom is -0.459 e. The summed E-state index contributed by atoms with van der Waals surface area (Å²) >= 11 is 0. The Kier molecular flexibility index (Phi) is 20.3. The molecule has 63 heavy (non-hydrogen) atoms. The van der Waals surface area contributed by atoms with Crippen LogP contribution in [-0.4, -0.2) is 106 Å². The maximum Gasteiger partial charge on any atom is 0.341 e. The summed E-state index contributed by atoms with van der Waals surface area (Å²) in [4.78, 5) is 89.6. The minimum absolute atomic E-state index is 0.0412. The molecule has 2 fully saturated rings. The van der Waals surface area contributed by atoms with Crippen molar-refractivity contribution in [2.75, 3.05) is 6.54 Å². The van der Waals surface area contributed by atoms with E-state index in [2.05, 4.69) is 12.2 Å². The lowest BCUT2D eigenvalue weighted by atomic mass is 9.75. The van der Waals surface area contributed by atoms with Gasteiger partial charge in [-0.25, -0.2) is 9.59 Å². The fourth-order valence-corrected chi connectivity index (χ4v) is 8.93. The summed E-state index contributed by atoms with van der Waals surface area (Å²) in [6, 6.07) is -0.997. The molecule has 3 aliphatic rings. The summed E-state index contributed by atoms with van der Waals surface area (Å²) in [6.07, 6.45) is 7.02. The van der Waals surface area contributed by atoms with E-state index in [1.54, 1.807) is 26.8 Å². The number of fused-ring (bicyclic) bond motifs is 3. The zero-order valence-corrected chi connectivity index (χ0v) is 38.4. The van der Waals surface area contributed by atoms with Gasteiger partial charge in [-0.2, -0.15) is 0 Å². The number of carbonyl (C=O) groups is 7. The van der Waals surface area contributed by atoms with E-state index in [0.29, 0.717) is 25.8 Å². The molecule has 0 aromatic heterocycles. The Hall–Kier alpha value is -4.35. The van der Waals surface area contributed by atoms with E-state index in [1.807, 2.05) is 0 Å². The fraction of sp³-hybridized carbons (Fsp3) is 0.761. The lowest BCUT2D eigenvalue weighted by molar-refractivity contribution is -0.212. The largest absolute Gasteiger partial charge is 0.459 e. The number of carbonyl (C=O) groups excluding carboxylic acids is 7. The summed E-state index contributed by atoms with van der Waals surface area (Å²) in [5.74, 6) is -6.18. The van der Waals surface area contributed by atoms with Crippen molar-refractivity contribution >= 4 is 41.7 Å². The number of rotatable bonds is 26. The summed E-state index contributed by atoms with van der Waals surface area (Å²) in [7, 11) is 0. The van der Waals surface area contributed by atoms with Gasteiger partial charge >= 0.3 is 29.8 Å². The number of allylic oxidation sites excluding steroid dienone is 1. The van der Waals surface area contributed by atoms with Crippen molar-refractivity contribution < 1.29 is 67.5 Å². The predicted molar refractivity (Wildman–Crippen MR) is 230 cm³/mol. The molecule has 0 aromatic rings. The number of ether oxygens (including phenoxy) is 5. The predicted octanol–water partition coefficient (Wildman–Crippen LogP) is 4.35. The van der Waals surface area contributed by atoms with Crippen molar-refractivity contribution in [3.8, 4) is 0 Å². The van der Waals surface area contributed by atoms with Crippen molar-refractivity contribution in [2.24, 2.45) is 17.4 Å². The Labute approximate surface area is 371 Å². The first-order valence-corrected chi connectivity index (χ1v) is 22.8. The summed E-state index contributed by atoms with van der Waals surface area (Å²) in [6.45, 7) is 11.1. The van der Waals surface area contributed by atoms with Gasteiger partial charge in [-0.1, -0.05) is 83.6 Å². The van der Waals surface area contributed by atoms with Gasteiger partial charge in [0.1, 0.15) is 11.7 Å². The van der Waals surface area contributed by atoms with Crippen LogP contribution in [0.15, 0.2) is 22.8 Å². The Morgan fingerprint density at radius 2 is 1.40 bits per heavy atom. The molecule has 0 aromatic carbocycles. The molecule has 0 spiro atoms. The molecule has 2 aliphatic carbocycles. The first kappa shape index (κ1) is 53.0. The topological polar surface area (TPSA) is 270 Å². The number of primary amides is 1. The Bertz CT molecular complexity index is 1710. The molecule has 0 unspecified atom stereocenters. The highest BCUT2D eigenvalue weighted by molar-refractivity contribution is 5.88. The number of aliphatic hydroxyl groups is 2. The van der Waals surface area contributed by atoms with E-state index in [9.17, 15) is 43.8 Å². The Morgan fingerprint density at radius 1 is 0.857 bits per heavy atom. The van der Waals surface area contributed by atoms with E-state index < -0.39 is 95.4 Å². The van der Waals surface area contributed by atoms with Gasteiger partial charge in [-0.3, -0.25) is 24.0 Å². The first-order valence-electron chi connectivity index (χ1n) is 22.8. The molecule has 0 radical (unpaired) electrons. The van der Waals surface area contributed by atoms with Crippen molar-refractivity contribution in [3.05, 3.63) is 22.8 Å². The number of unbranched alkanes of at least 4 members (excludes halogenated alkanes) is 12. The number of esters is 5. The van der Waals surface area contributed by atoms with Gasteiger partial charge in [0.2, 0.25) is 11.8 Å². The molecule has 1 saturated heterocycles. The zero-order chi connectivity index (χ0) is 47.1. The van der Waals surface area contributed by atoms with Crippen molar-refractivity contribution in [3.63, 3.8) is 0 Å². The number of amides is 2. The van der Waals surface area contributed by atoms with Gasteiger partial charge in [0.25, 0.3) is 0 Å². The van der Waals surface area contributed by atoms with Crippen molar-refractivity contribution in [2.45, 2.75) is 211 Å². The van der Waals surface area contributed by atoms with Gasteiger partial charge in [-0.15, -0.1) is 0 Å². The minimum atomic E-state index is -2.63. The van der Waals surface area contributed by atoms with Crippen LogP contribution in [-0.2, 0) is 57.2 Å². The van der Waals surface area contributed by atoms with Gasteiger partial charge in [0, 0.05) is 38.3 Å². The van der Waals surface area contributed by atoms with E-state index in [0.717, 1.165) is 77.6 Å². The SMILES string of the molecule is C/C=C(/C)C(=O)O[C@H]1C(C)=C2[C@H]([C@@H]1OC(=O)CCCCCCC)[C@@](C)(OC(C)=O)C[C@H](OC(=O)CCCCCCCCCCCNC(=O)C[C@H](N)C(N)=O)[C@@]1(O)[C@H]2OC(=O)[C@@]1(C)O. The van der Waals surface area contributed by atoms with Crippen LogP contribution in [0.2, 0.25) is 0 Å². The molecule has 9 atom stereocenters. The molecule has 3 rings (SSSR count). The quantitative estimate of drug-likeness (QED) is 0.0266. The molecule has 356 valence electrons. The number of hydrogen-bond donors (Lipinski definition) is 5. The normalized spacial score (nSPS) is 28.3. The zero-order valence-electron chi connectivity index (χ0n) is 38.4.